The first-order valence-electron chi connectivity index (χ1n) is 6.22. The lowest BCUT2D eigenvalue weighted by atomic mass is 10.1. The number of Topliss-reactive ketones (excluding diaryl/α,β-unsaturated/α-hetero) is 1. The van der Waals surface area contributed by atoms with Crippen LogP contribution in [0.2, 0.25) is 0 Å². The summed E-state index contributed by atoms with van der Waals surface area (Å²) < 4.78 is 4.94. The summed E-state index contributed by atoms with van der Waals surface area (Å²) in [5.74, 6) is -0.450. The van der Waals surface area contributed by atoms with E-state index >= 15 is 0 Å². The van der Waals surface area contributed by atoms with Crippen molar-refractivity contribution in [3.8, 4) is 11.4 Å². The molecule has 0 fully saturated rings. The monoisotopic (exact) mass is 270 g/mol. The molecule has 102 valence electrons. The van der Waals surface area contributed by atoms with Crippen molar-refractivity contribution in [2.24, 2.45) is 0 Å². The Morgan fingerprint density at radius 1 is 1.05 bits per heavy atom. The first kappa shape index (κ1) is 13.9. The van der Waals surface area contributed by atoms with Gasteiger partial charge in [0, 0.05) is 18.0 Å². The van der Waals surface area contributed by atoms with E-state index in [0.717, 1.165) is 0 Å². The summed E-state index contributed by atoms with van der Waals surface area (Å²) in [5.41, 5.74) is 2.03. The van der Waals surface area contributed by atoms with Crippen molar-refractivity contribution >= 4 is 11.8 Å². The molecule has 0 saturated heterocycles. The Balaban J connectivity index is 2.38. The summed E-state index contributed by atoms with van der Waals surface area (Å²) >= 11 is 0. The summed E-state index contributed by atoms with van der Waals surface area (Å²) in [6.07, 6.45) is 3.06. The van der Waals surface area contributed by atoms with E-state index in [2.05, 4.69) is 9.97 Å². The van der Waals surface area contributed by atoms with Gasteiger partial charge in [0.15, 0.2) is 5.78 Å². The average molecular weight is 270 g/mol. The smallest absolute Gasteiger partial charge is 0.338 e. The van der Waals surface area contributed by atoms with Crippen LogP contribution in [0.25, 0.3) is 11.4 Å². The van der Waals surface area contributed by atoms with E-state index in [9.17, 15) is 9.59 Å². The molecule has 0 amide bonds. The third kappa shape index (κ3) is 3.06. The fourth-order valence-electron chi connectivity index (χ4n) is 1.70. The van der Waals surface area contributed by atoms with Crippen LogP contribution in [-0.2, 0) is 4.74 Å². The molecule has 0 aliphatic rings. The summed E-state index contributed by atoms with van der Waals surface area (Å²) in [7, 11) is 0. The molecule has 0 radical (unpaired) electrons. The maximum atomic E-state index is 11.7. The van der Waals surface area contributed by atoms with E-state index < -0.39 is 5.97 Å². The third-order valence-corrected chi connectivity index (χ3v) is 2.70. The summed E-state index contributed by atoms with van der Waals surface area (Å²) in [5, 5.41) is 0. The van der Waals surface area contributed by atoms with Crippen LogP contribution in [0.15, 0.2) is 36.7 Å². The van der Waals surface area contributed by atoms with Crippen LogP contribution in [0.5, 0.6) is 0 Å². The van der Waals surface area contributed by atoms with Gasteiger partial charge in [0.2, 0.25) is 0 Å². The second kappa shape index (κ2) is 6.06. The van der Waals surface area contributed by atoms with Crippen LogP contribution >= 0.6 is 0 Å². The highest BCUT2D eigenvalue weighted by atomic mass is 16.5. The van der Waals surface area contributed by atoms with E-state index in [4.69, 9.17) is 4.74 Å². The zero-order valence-corrected chi connectivity index (χ0v) is 11.3. The van der Waals surface area contributed by atoms with Crippen LogP contribution in [0.4, 0.5) is 0 Å². The predicted octanol–water partition coefficient (Wildman–Crippen LogP) is 2.52. The molecular weight excluding hydrogens is 256 g/mol. The Bertz CT molecular complexity index is 653. The first-order valence-corrected chi connectivity index (χ1v) is 6.22. The maximum Gasteiger partial charge on any atom is 0.338 e. The number of hydrogen-bond acceptors (Lipinski definition) is 5. The van der Waals surface area contributed by atoms with Crippen LogP contribution in [-0.4, -0.2) is 28.3 Å². The van der Waals surface area contributed by atoms with Gasteiger partial charge in [-0.25, -0.2) is 4.79 Å². The number of rotatable bonds is 4. The maximum absolute atomic E-state index is 11.7. The van der Waals surface area contributed by atoms with E-state index in [1.54, 1.807) is 37.4 Å². The second-order valence-corrected chi connectivity index (χ2v) is 4.14. The molecule has 0 saturated carbocycles. The highest BCUT2D eigenvalue weighted by Gasteiger charge is 2.10. The van der Waals surface area contributed by atoms with E-state index in [-0.39, 0.29) is 5.78 Å². The quantitative estimate of drug-likeness (QED) is 0.630. The van der Waals surface area contributed by atoms with Crippen molar-refractivity contribution in [1.82, 2.24) is 9.97 Å². The fourth-order valence-corrected chi connectivity index (χ4v) is 1.70. The molecule has 0 aromatic carbocycles. The molecule has 5 nitrogen and oxygen atoms in total. The molecule has 20 heavy (non-hydrogen) atoms. The number of ketones is 1. The third-order valence-electron chi connectivity index (χ3n) is 2.70. The lowest BCUT2D eigenvalue weighted by Gasteiger charge is -2.05. The molecule has 0 bridgehead atoms. The van der Waals surface area contributed by atoms with Gasteiger partial charge >= 0.3 is 5.97 Å². The van der Waals surface area contributed by atoms with Gasteiger partial charge in [-0.15, -0.1) is 0 Å². The Morgan fingerprint density at radius 2 is 1.60 bits per heavy atom. The van der Waals surface area contributed by atoms with Crippen LogP contribution in [0.1, 0.15) is 34.6 Å². The number of aromatic nitrogens is 2. The average Bonchev–Trinajstić information content (AvgIpc) is 2.48. The van der Waals surface area contributed by atoms with Gasteiger partial charge in [0.05, 0.1) is 23.6 Å². The Labute approximate surface area is 116 Å². The molecule has 0 spiro atoms. The van der Waals surface area contributed by atoms with E-state index in [1.807, 2.05) is 0 Å². The molecule has 0 atom stereocenters. The van der Waals surface area contributed by atoms with Crippen molar-refractivity contribution in [2.75, 3.05) is 6.61 Å². The molecule has 0 aliphatic carbocycles. The standard InChI is InChI=1S/C15H14N2O3/c1-3-20-15(19)12-5-7-17-14(9-12)13-8-11(10(2)18)4-6-16-13/h4-9H,3H2,1-2H3. The molecule has 2 aromatic rings. The van der Waals surface area contributed by atoms with Gasteiger partial charge in [-0.3, -0.25) is 14.8 Å². The number of carbonyl (C=O) groups excluding carboxylic acids is 2. The molecule has 0 N–H and O–H groups in total. The molecule has 0 unspecified atom stereocenters. The number of pyridine rings is 2. The van der Waals surface area contributed by atoms with E-state index in [0.29, 0.717) is 29.1 Å². The number of esters is 1. The minimum atomic E-state index is -0.404. The molecule has 2 rings (SSSR count). The van der Waals surface area contributed by atoms with Crippen LogP contribution in [0, 0.1) is 0 Å². The minimum absolute atomic E-state index is 0.0461. The van der Waals surface area contributed by atoms with Gasteiger partial charge in [0.1, 0.15) is 0 Å². The Morgan fingerprint density at radius 3 is 2.15 bits per heavy atom. The Kier molecular flexibility index (Phi) is 4.20. The van der Waals surface area contributed by atoms with Gasteiger partial charge < -0.3 is 4.74 Å². The SMILES string of the molecule is CCOC(=O)c1ccnc(-c2cc(C(C)=O)ccn2)c1. The minimum Gasteiger partial charge on any atom is -0.462 e. The van der Waals surface area contributed by atoms with Gasteiger partial charge in [-0.1, -0.05) is 0 Å². The zero-order valence-electron chi connectivity index (χ0n) is 11.3. The van der Waals surface area contributed by atoms with Crippen molar-refractivity contribution in [3.05, 3.63) is 47.8 Å². The van der Waals surface area contributed by atoms with Gasteiger partial charge in [-0.05, 0) is 38.1 Å². The van der Waals surface area contributed by atoms with Crippen molar-refractivity contribution < 1.29 is 14.3 Å². The molecule has 0 aliphatic heterocycles. The molecule has 2 aromatic heterocycles. The van der Waals surface area contributed by atoms with Crippen molar-refractivity contribution in [3.63, 3.8) is 0 Å². The van der Waals surface area contributed by atoms with Gasteiger partial charge in [-0.2, -0.15) is 0 Å². The number of carbonyl (C=O) groups is 2. The van der Waals surface area contributed by atoms with Crippen LogP contribution < -0.4 is 0 Å². The fraction of sp³-hybridized carbons (Fsp3) is 0.200. The largest absolute Gasteiger partial charge is 0.462 e. The highest BCUT2D eigenvalue weighted by molar-refractivity contribution is 5.95. The highest BCUT2D eigenvalue weighted by Crippen LogP contribution is 2.17. The number of ether oxygens (including phenoxy) is 1. The number of hydrogen-bond donors (Lipinski definition) is 0. The number of nitrogens with zero attached hydrogens (tertiary/aromatic N) is 2. The summed E-state index contributed by atoms with van der Waals surface area (Å²) in [6, 6.07) is 6.47. The normalized spacial score (nSPS) is 10.1. The predicted molar refractivity (Wildman–Crippen MR) is 73.4 cm³/mol. The van der Waals surface area contributed by atoms with Crippen LogP contribution in [0.3, 0.4) is 0 Å². The summed E-state index contributed by atoms with van der Waals surface area (Å²) in [4.78, 5) is 31.4. The molecular formula is C15H14N2O3. The van der Waals surface area contributed by atoms with Crippen molar-refractivity contribution in [2.45, 2.75) is 13.8 Å². The van der Waals surface area contributed by atoms with Gasteiger partial charge in [0.25, 0.3) is 0 Å². The lowest BCUT2D eigenvalue weighted by molar-refractivity contribution is 0.0526. The Hall–Kier alpha value is -2.56. The van der Waals surface area contributed by atoms with Crippen molar-refractivity contribution in [1.29, 1.82) is 0 Å². The molecule has 5 heteroatoms. The topological polar surface area (TPSA) is 69.2 Å². The van der Waals surface area contributed by atoms with E-state index in [1.165, 1.54) is 13.1 Å². The summed E-state index contributed by atoms with van der Waals surface area (Å²) in [6.45, 7) is 3.55. The first-order chi connectivity index (χ1) is 9.61. The molecule has 2 heterocycles. The lowest BCUT2D eigenvalue weighted by Crippen LogP contribution is -2.05. The zero-order chi connectivity index (χ0) is 14.5. The second-order valence-electron chi connectivity index (χ2n) is 4.14.